The molecule has 1 atom stereocenters. The smallest absolute Gasteiger partial charge is 0.104 e. The summed E-state index contributed by atoms with van der Waals surface area (Å²) in [6, 6.07) is 8.35. The van der Waals surface area contributed by atoms with E-state index in [2.05, 4.69) is 37.3 Å². The van der Waals surface area contributed by atoms with Gasteiger partial charge >= 0.3 is 0 Å². The molecule has 0 radical (unpaired) electrons. The number of hydrogen-bond acceptors (Lipinski definition) is 1. The average molecular weight is 160 g/mol. The minimum Gasteiger partial charge on any atom is -0.372 e. The molecule has 2 rings (SSSR count). The standard InChI is InChI=1S/C11H12O/c1-8-7-9-5-3-4-6-10(9)11(8)12-2/h3-7,11H,1-2H3. The molecule has 0 amide bonds. The van der Waals surface area contributed by atoms with Gasteiger partial charge in [0.1, 0.15) is 6.10 Å². The molecule has 0 aromatic heterocycles. The zero-order chi connectivity index (χ0) is 8.55. The van der Waals surface area contributed by atoms with Crippen LogP contribution in [0.5, 0.6) is 0 Å². The van der Waals surface area contributed by atoms with E-state index < -0.39 is 0 Å². The van der Waals surface area contributed by atoms with Crippen molar-refractivity contribution in [3.63, 3.8) is 0 Å². The van der Waals surface area contributed by atoms with E-state index in [1.807, 2.05) is 0 Å². The summed E-state index contributed by atoms with van der Waals surface area (Å²) >= 11 is 0. The Morgan fingerprint density at radius 2 is 2.00 bits per heavy atom. The predicted molar refractivity (Wildman–Crippen MR) is 49.8 cm³/mol. The molecule has 62 valence electrons. The molecule has 12 heavy (non-hydrogen) atoms. The second kappa shape index (κ2) is 2.76. The molecule has 1 aromatic rings. The SMILES string of the molecule is COC1C(C)=Cc2ccccc21. The third-order valence-corrected chi connectivity index (χ3v) is 2.31. The fourth-order valence-electron chi connectivity index (χ4n) is 1.76. The summed E-state index contributed by atoms with van der Waals surface area (Å²) < 4.78 is 5.38. The Morgan fingerprint density at radius 1 is 1.25 bits per heavy atom. The van der Waals surface area contributed by atoms with E-state index in [0.29, 0.717) is 0 Å². The first-order valence-electron chi connectivity index (χ1n) is 4.13. The summed E-state index contributed by atoms with van der Waals surface area (Å²) in [6.07, 6.45) is 2.37. The highest BCUT2D eigenvalue weighted by atomic mass is 16.5. The molecule has 0 fully saturated rings. The van der Waals surface area contributed by atoms with Crippen molar-refractivity contribution in [2.45, 2.75) is 13.0 Å². The van der Waals surface area contributed by atoms with Gasteiger partial charge in [-0.25, -0.2) is 0 Å². The maximum Gasteiger partial charge on any atom is 0.104 e. The molecule has 1 nitrogen and oxygen atoms in total. The lowest BCUT2D eigenvalue weighted by atomic mass is 10.1. The van der Waals surface area contributed by atoms with E-state index in [9.17, 15) is 0 Å². The second-order valence-corrected chi connectivity index (χ2v) is 3.13. The van der Waals surface area contributed by atoms with Crippen molar-refractivity contribution >= 4 is 6.08 Å². The minimum absolute atomic E-state index is 0.182. The van der Waals surface area contributed by atoms with Crippen molar-refractivity contribution in [3.8, 4) is 0 Å². The van der Waals surface area contributed by atoms with Gasteiger partial charge in [0.2, 0.25) is 0 Å². The molecule has 0 saturated heterocycles. The van der Waals surface area contributed by atoms with Gasteiger partial charge in [0.05, 0.1) is 0 Å². The highest BCUT2D eigenvalue weighted by Crippen LogP contribution is 2.35. The molecule has 1 heteroatoms. The zero-order valence-corrected chi connectivity index (χ0v) is 7.37. The van der Waals surface area contributed by atoms with Crippen molar-refractivity contribution in [2.75, 3.05) is 7.11 Å². The zero-order valence-electron chi connectivity index (χ0n) is 7.37. The van der Waals surface area contributed by atoms with Crippen molar-refractivity contribution in [2.24, 2.45) is 0 Å². The quantitative estimate of drug-likeness (QED) is 0.613. The molecular weight excluding hydrogens is 148 g/mol. The third kappa shape index (κ3) is 0.978. The normalized spacial score (nSPS) is 20.5. The molecular formula is C11H12O. The van der Waals surface area contributed by atoms with Gasteiger partial charge in [0, 0.05) is 7.11 Å². The summed E-state index contributed by atoms with van der Waals surface area (Å²) in [5, 5.41) is 0. The molecule has 0 spiro atoms. The van der Waals surface area contributed by atoms with Gasteiger partial charge in [-0.3, -0.25) is 0 Å². The molecule has 1 aromatic carbocycles. The largest absolute Gasteiger partial charge is 0.372 e. The van der Waals surface area contributed by atoms with Gasteiger partial charge in [0.15, 0.2) is 0 Å². The Hall–Kier alpha value is -1.08. The van der Waals surface area contributed by atoms with E-state index in [1.54, 1.807) is 7.11 Å². The topological polar surface area (TPSA) is 9.23 Å². The maximum atomic E-state index is 5.38. The van der Waals surface area contributed by atoms with Crippen LogP contribution in [0, 0.1) is 0 Å². The van der Waals surface area contributed by atoms with Crippen molar-refractivity contribution in [1.29, 1.82) is 0 Å². The highest BCUT2D eigenvalue weighted by Gasteiger charge is 2.20. The first-order valence-corrected chi connectivity index (χ1v) is 4.13. The Balaban J connectivity index is 2.50. The summed E-state index contributed by atoms with van der Waals surface area (Å²) in [7, 11) is 1.75. The van der Waals surface area contributed by atoms with E-state index in [1.165, 1.54) is 16.7 Å². The van der Waals surface area contributed by atoms with Crippen LogP contribution in [0.3, 0.4) is 0 Å². The maximum absolute atomic E-state index is 5.38. The Morgan fingerprint density at radius 3 is 2.75 bits per heavy atom. The Labute approximate surface area is 72.7 Å². The van der Waals surface area contributed by atoms with Crippen LogP contribution < -0.4 is 0 Å². The Bertz CT molecular complexity index is 326. The summed E-state index contributed by atoms with van der Waals surface area (Å²) in [4.78, 5) is 0. The third-order valence-electron chi connectivity index (χ3n) is 2.31. The van der Waals surface area contributed by atoms with Crippen molar-refractivity contribution in [3.05, 3.63) is 41.0 Å². The number of methoxy groups -OCH3 is 1. The number of rotatable bonds is 1. The molecule has 1 unspecified atom stereocenters. The number of ether oxygens (including phenoxy) is 1. The second-order valence-electron chi connectivity index (χ2n) is 3.13. The number of benzene rings is 1. The van der Waals surface area contributed by atoms with E-state index >= 15 is 0 Å². The molecule has 0 saturated carbocycles. The van der Waals surface area contributed by atoms with Gasteiger partial charge in [-0.15, -0.1) is 0 Å². The molecule has 0 N–H and O–H groups in total. The lowest BCUT2D eigenvalue weighted by Crippen LogP contribution is -1.98. The lowest BCUT2D eigenvalue weighted by Gasteiger charge is -2.11. The van der Waals surface area contributed by atoms with Crippen molar-refractivity contribution < 1.29 is 4.74 Å². The summed E-state index contributed by atoms with van der Waals surface area (Å²) in [5.41, 5.74) is 3.87. The monoisotopic (exact) mass is 160 g/mol. The van der Waals surface area contributed by atoms with Gasteiger partial charge in [-0.1, -0.05) is 30.3 Å². The molecule has 1 aliphatic carbocycles. The van der Waals surface area contributed by atoms with E-state index in [4.69, 9.17) is 4.74 Å². The molecule has 0 heterocycles. The van der Waals surface area contributed by atoms with E-state index in [0.717, 1.165) is 0 Å². The highest BCUT2D eigenvalue weighted by molar-refractivity contribution is 5.64. The molecule has 0 bridgehead atoms. The van der Waals surface area contributed by atoms with Crippen LogP contribution in [-0.4, -0.2) is 7.11 Å². The molecule has 0 aliphatic heterocycles. The first kappa shape index (κ1) is 7.56. The fraction of sp³-hybridized carbons (Fsp3) is 0.273. The van der Waals surface area contributed by atoms with Crippen molar-refractivity contribution in [1.82, 2.24) is 0 Å². The predicted octanol–water partition coefficient (Wildman–Crippen LogP) is 2.79. The van der Waals surface area contributed by atoms with Crippen LogP contribution in [0.4, 0.5) is 0 Å². The van der Waals surface area contributed by atoms with Crippen LogP contribution >= 0.6 is 0 Å². The fourth-order valence-corrected chi connectivity index (χ4v) is 1.76. The van der Waals surface area contributed by atoms with Gasteiger partial charge < -0.3 is 4.74 Å². The number of hydrogen-bond donors (Lipinski definition) is 0. The van der Waals surface area contributed by atoms with Gasteiger partial charge in [-0.2, -0.15) is 0 Å². The molecule has 1 aliphatic rings. The summed E-state index contributed by atoms with van der Waals surface area (Å²) in [6.45, 7) is 2.11. The van der Waals surface area contributed by atoms with Crippen LogP contribution in [0.2, 0.25) is 0 Å². The average Bonchev–Trinajstić information content (AvgIpc) is 2.40. The first-order chi connectivity index (χ1) is 5.83. The summed E-state index contributed by atoms with van der Waals surface area (Å²) in [5.74, 6) is 0. The minimum atomic E-state index is 0.182. The Kier molecular flexibility index (Phi) is 1.74. The van der Waals surface area contributed by atoms with Crippen LogP contribution in [0.25, 0.3) is 6.08 Å². The van der Waals surface area contributed by atoms with Crippen LogP contribution in [-0.2, 0) is 4.74 Å². The van der Waals surface area contributed by atoms with Crippen LogP contribution in [0.1, 0.15) is 24.2 Å². The van der Waals surface area contributed by atoms with Gasteiger partial charge in [-0.05, 0) is 23.6 Å². The lowest BCUT2D eigenvalue weighted by molar-refractivity contribution is 0.136. The van der Waals surface area contributed by atoms with Gasteiger partial charge in [0.25, 0.3) is 0 Å². The number of fused-ring (bicyclic) bond motifs is 1. The van der Waals surface area contributed by atoms with Crippen LogP contribution in [0.15, 0.2) is 29.8 Å². The van der Waals surface area contributed by atoms with E-state index in [-0.39, 0.29) is 6.10 Å².